The highest BCUT2D eigenvalue weighted by Gasteiger charge is 2.51. The fourth-order valence-electron chi connectivity index (χ4n) is 2.48. The van der Waals surface area contributed by atoms with E-state index in [0.717, 1.165) is 19.3 Å². The molecule has 0 aromatic heterocycles. The van der Waals surface area contributed by atoms with Gasteiger partial charge in [0.2, 0.25) is 6.16 Å². The molecule has 1 N–H and O–H groups in total. The lowest BCUT2D eigenvalue weighted by Gasteiger charge is -2.06. The van der Waals surface area contributed by atoms with E-state index < -0.39 is 14.0 Å². The number of carboxylic acid groups (broad SMARTS) is 1. The standard InChI is InChI=1S/C14H21O4P/c1-9(12-7-14(12,2)3)18-19(17)8-11(13(15)16)6-10-4-5-10/h6,9-10,12H,4-5,7-8H2,1-3H3/p+1. The molecule has 0 spiro atoms. The maximum atomic E-state index is 11.9. The van der Waals surface area contributed by atoms with Crippen molar-refractivity contribution in [2.75, 3.05) is 6.16 Å². The van der Waals surface area contributed by atoms with E-state index in [1.54, 1.807) is 6.08 Å². The average molecular weight is 285 g/mol. The highest BCUT2D eigenvalue weighted by atomic mass is 31.1. The van der Waals surface area contributed by atoms with Gasteiger partial charge < -0.3 is 5.11 Å². The first-order valence-corrected chi connectivity index (χ1v) is 8.21. The van der Waals surface area contributed by atoms with Crippen molar-refractivity contribution >= 4 is 14.0 Å². The number of rotatable bonds is 7. The van der Waals surface area contributed by atoms with E-state index in [4.69, 9.17) is 9.63 Å². The van der Waals surface area contributed by atoms with Crippen LogP contribution in [-0.4, -0.2) is 23.3 Å². The summed E-state index contributed by atoms with van der Waals surface area (Å²) in [7, 11) is -1.93. The number of hydrogen-bond acceptors (Lipinski definition) is 3. The zero-order valence-electron chi connectivity index (χ0n) is 11.8. The van der Waals surface area contributed by atoms with Crippen LogP contribution in [0.25, 0.3) is 0 Å². The van der Waals surface area contributed by atoms with Gasteiger partial charge in [0.15, 0.2) is 0 Å². The molecule has 19 heavy (non-hydrogen) atoms. The van der Waals surface area contributed by atoms with Gasteiger partial charge in [-0.3, -0.25) is 0 Å². The van der Waals surface area contributed by atoms with Crippen molar-refractivity contribution < 1.29 is 19.0 Å². The largest absolute Gasteiger partial charge is 0.513 e. The van der Waals surface area contributed by atoms with Gasteiger partial charge in [0.1, 0.15) is 6.10 Å². The first-order valence-electron chi connectivity index (χ1n) is 6.85. The highest BCUT2D eigenvalue weighted by molar-refractivity contribution is 7.39. The predicted molar refractivity (Wildman–Crippen MR) is 73.4 cm³/mol. The van der Waals surface area contributed by atoms with E-state index in [0.29, 0.717) is 11.8 Å². The molecule has 0 amide bonds. The summed E-state index contributed by atoms with van der Waals surface area (Å²) in [6.45, 7) is 6.26. The second-order valence-corrected chi connectivity index (χ2v) is 7.63. The summed E-state index contributed by atoms with van der Waals surface area (Å²) >= 11 is 0. The summed E-state index contributed by atoms with van der Waals surface area (Å²) in [5, 5.41) is 9.09. The second kappa shape index (κ2) is 5.34. The minimum atomic E-state index is -1.93. The van der Waals surface area contributed by atoms with Crippen LogP contribution in [0.3, 0.4) is 0 Å². The monoisotopic (exact) mass is 285 g/mol. The first kappa shape index (κ1) is 14.7. The predicted octanol–water partition coefficient (Wildman–Crippen LogP) is 3.60. The van der Waals surface area contributed by atoms with Crippen molar-refractivity contribution in [1.82, 2.24) is 0 Å². The number of hydrogen-bond donors (Lipinski definition) is 1. The third-order valence-electron chi connectivity index (χ3n) is 4.07. The van der Waals surface area contributed by atoms with Crippen LogP contribution in [0.15, 0.2) is 11.6 Å². The molecule has 0 radical (unpaired) electrons. The zero-order chi connectivity index (χ0) is 14.2. The third-order valence-corrected chi connectivity index (χ3v) is 5.24. The Morgan fingerprint density at radius 1 is 1.53 bits per heavy atom. The molecule has 0 bridgehead atoms. The lowest BCUT2D eigenvalue weighted by Crippen LogP contribution is -2.12. The molecule has 3 atom stereocenters. The maximum absolute atomic E-state index is 11.9. The Kier molecular flexibility index (Phi) is 4.12. The molecule has 3 unspecified atom stereocenters. The molecule has 0 aromatic rings. The molecule has 106 valence electrons. The number of aliphatic carboxylic acids is 1. The van der Waals surface area contributed by atoms with Crippen molar-refractivity contribution in [2.24, 2.45) is 17.3 Å². The van der Waals surface area contributed by atoms with Crippen LogP contribution in [-0.2, 0) is 13.9 Å². The summed E-state index contributed by atoms with van der Waals surface area (Å²) in [4.78, 5) is 11.1. The van der Waals surface area contributed by atoms with Gasteiger partial charge in [-0.05, 0) is 48.0 Å². The van der Waals surface area contributed by atoms with E-state index in [9.17, 15) is 9.36 Å². The molecular weight excluding hydrogens is 263 g/mol. The Balaban J connectivity index is 1.84. The normalized spacial score (nSPS) is 27.8. The second-order valence-electron chi connectivity index (χ2n) is 6.44. The first-order chi connectivity index (χ1) is 8.79. The molecule has 2 rings (SSSR count). The Morgan fingerprint density at radius 3 is 2.53 bits per heavy atom. The van der Waals surface area contributed by atoms with Crippen LogP contribution < -0.4 is 0 Å². The lowest BCUT2D eigenvalue weighted by atomic mass is 10.1. The SMILES string of the molecule is CC(O[P+](=O)CC(=CC1CC1)C(=O)O)C1CC1(C)C. The molecule has 0 saturated heterocycles. The van der Waals surface area contributed by atoms with Crippen LogP contribution >= 0.6 is 8.03 Å². The zero-order valence-corrected chi connectivity index (χ0v) is 12.7. The third kappa shape index (κ3) is 4.12. The Hall–Kier alpha value is -0.730. The van der Waals surface area contributed by atoms with E-state index in [1.807, 2.05) is 6.92 Å². The van der Waals surface area contributed by atoms with Crippen molar-refractivity contribution in [3.8, 4) is 0 Å². The maximum Gasteiger partial charge on any atom is 0.513 e. The highest BCUT2D eigenvalue weighted by Crippen LogP contribution is 2.55. The van der Waals surface area contributed by atoms with Crippen LogP contribution in [0.5, 0.6) is 0 Å². The van der Waals surface area contributed by atoms with Gasteiger partial charge >= 0.3 is 14.0 Å². The summed E-state index contributed by atoms with van der Waals surface area (Å²) < 4.78 is 17.4. The fourth-order valence-corrected chi connectivity index (χ4v) is 3.59. The molecule has 5 heteroatoms. The van der Waals surface area contributed by atoms with Gasteiger partial charge in [0.05, 0.1) is 5.57 Å². The van der Waals surface area contributed by atoms with Gasteiger partial charge in [-0.15, -0.1) is 4.52 Å². The Bertz CT molecular complexity index is 423. The van der Waals surface area contributed by atoms with Crippen molar-refractivity contribution in [1.29, 1.82) is 0 Å². The minimum absolute atomic E-state index is 0.0264. The summed E-state index contributed by atoms with van der Waals surface area (Å²) in [6.07, 6.45) is 4.88. The molecule has 2 fully saturated rings. The summed E-state index contributed by atoms with van der Waals surface area (Å²) in [6, 6.07) is 0. The number of carboxylic acids is 1. The van der Waals surface area contributed by atoms with Crippen molar-refractivity contribution in [3.63, 3.8) is 0 Å². The van der Waals surface area contributed by atoms with Gasteiger partial charge in [0.25, 0.3) is 0 Å². The quantitative estimate of drug-likeness (QED) is 0.573. The van der Waals surface area contributed by atoms with Crippen molar-refractivity contribution in [3.05, 3.63) is 11.6 Å². The van der Waals surface area contributed by atoms with E-state index in [1.165, 1.54) is 0 Å². The smallest absolute Gasteiger partial charge is 0.478 e. The topological polar surface area (TPSA) is 63.6 Å². The molecule has 0 aromatic carbocycles. The summed E-state index contributed by atoms with van der Waals surface area (Å²) in [5.41, 5.74) is 0.514. The number of allylic oxidation sites excluding steroid dienone is 1. The molecule has 2 aliphatic rings. The fraction of sp³-hybridized carbons (Fsp3) is 0.786. The van der Waals surface area contributed by atoms with Crippen LogP contribution in [0.1, 0.15) is 40.0 Å². The molecule has 0 aliphatic heterocycles. The number of carbonyl (C=O) groups is 1. The van der Waals surface area contributed by atoms with Crippen LogP contribution in [0.4, 0.5) is 0 Å². The Labute approximate surface area is 115 Å². The molecular formula is C14H22O4P+. The molecule has 2 saturated carbocycles. The van der Waals surface area contributed by atoms with Crippen molar-refractivity contribution in [2.45, 2.75) is 46.1 Å². The molecule has 0 heterocycles. The molecule has 2 aliphatic carbocycles. The van der Waals surface area contributed by atoms with Gasteiger partial charge in [-0.2, -0.15) is 0 Å². The summed E-state index contributed by atoms with van der Waals surface area (Å²) in [5.74, 6) is -0.167. The minimum Gasteiger partial charge on any atom is -0.478 e. The van der Waals surface area contributed by atoms with Crippen LogP contribution in [0.2, 0.25) is 0 Å². The van der Waals surface area contributed by atoms with Gasteiger partial charge in [-0.25, -0.2) is 4.79 Å². The molecule has 4 nitrogen and oxygen atoms in total. The average Bonchev–Trinajstić information content (AvgIpc) is 3.16. The van der Waals surface area contributed by atoms with Gasteiger partial charge in [-0.1, -0.05) is 19.9 Å². The lowest BCUT2D eigenvalue weighted by molar-refractivity contribution is -0.132. The van der Waals surface area contributed by atoms with Crippen LogP contribution in [0, 0.1) is 17.3 Å². The van der Waals surface area contributed by atoms with E-state index in [-0.39, 0.29) is 23.3 Å². The van der Waals surface area contributed by atoms with Gasteiger partial charge in [0, 0.05) is 0 Å². The Morgan fingerprint density at radius 2 is 2.11 bits per heavy atom. The van der Waals surface area contributed by atoms with E-state index in [2.05, 4.69) is 13.8 Å². The van der Waals surface area contributed by atoms with E-state index >= 15 is 0 Å².